The van der Waals surface area contributed by atoms with Crippen molar-refractivity contribution in [1.29, 1.82) is 5.26 Å². The first-order chi connectivity index (χ1) is 10.1. The summed E-state index contributed by atoms with van der Waals surface area (Å²) in [6.45, 7) is 0.901. The number of nitriles is 1. The molecule has 0 atom stereocenters. The fourth-order valence-corrected chi connectivity index (χ4v) is 1.90. The van der Waals surface area contributed by atoms with Gasteiger partial charge in [-0.05, 0) is 23.8 Å². The topological polar surface area (TPSA) is 85.6 Å². The summed E-state index contributed by atoms with van der Waals surface area (Å²) in [6.07, 6.45) is 1.34. The number of hydroxylamine groups is 1. The van der Waals surface area contributed by atoms with Crippen LogP contribution in [0, 0.1) is 17.1 Å². The first-order valence-corrected chi connectivity index (χ1v) is 6.33. The van der Waals surface area contributed by atoms with Gasteiger partial charge in [-0.25, -0.2) is 9.18 Å². The van der Waals surface area contributed by atoms with E-state index in [9.17, 15) is 9.18 Å². The Hall–Kier alpha value is -2.59. The summed E-state index contributed by atoms with van der Waals surface area (Å²) in [6, 6.07) is 5.96. The highest BCUT2D eigenvalue weighted by Crippen LogP contribution is 2.11. The van der Waals surface area contributed by atoms with Gasteiger partial charge in [0.2, 0.25) is 0 Å². The summed E-state index contributed by atoms with van der Waals surface area (Å²) in [5.41, 5.74) is 4.19. The maximum Gasteiger partial charge on any atom is 0.407 e. The Morgan fingerprint density at radius 1 is 1.57 bits per heavy atom. The van der Waals surface area contributed by atoms with Crippen molar-refractivity contribution < 1.29 is 19.1 Å². The number of nitrogens with zero attached hydrogens (tertiary/aromatic N) is 2. The second-order valence-electron chi connectivity index (χ2n) is 4.52. The van der Waals surface area contributed by atoms with E-state index in [-0.39, 0.29) is 12.2 Å². The van der Waals surface area contributed by atoms with Crippen LogP contribution in [-0.4, -0.2) is 29.2 Å². The van der Waals surface area contributed by atoms with Crippen LogP contribution in [0.25, 0.3) is 0 Å². The third-order valence-electron chi connectivity index (χ3n) is 3.07. The SMILES string of the molecule is N#Cc1cc(CONC2=CCN(C(=O)O)CC2)ccc1F. The van der Waals surface area contributed by atoms with E-state index in [0.717, 1.165) is 5.70 Å². The maximum atomic E-state index is 13.1. The molecule has 0 spiro atoms. The molecule has 2 rings (SSSR count). The molecular weight excluding hydrogens is 277 g/mol. The van der Waals surface area contributed by atoms with Gasteiger partial charge < -0.3 is 10.0 Å². The van der Waals surface area contributed by atoms with Crippen LogP contribution in [0.1, 0.15) is 17.5 Å². The van der Waals surface area contributed by atoms with Gasteiger partial charge in [0.15, 0.2) is 0 Å². The Morgan fingerprint density at radius 2 is 2.38 bits per heavy atom. The molecule has 0 aliphatic carbocycles. The van der Waals surface area contributed by atoms with Crippen molar-refractivity contribution in [3.8, 4) is 6.07 Å². The highest BCUT2D eigenvalue weighted by Gasteiger charge is 2.15. The number of rotatable bonds is 4. The summed E-state index contributed by atoms with van der Waals surface area (Å²) in [4.78, 5) is 17.3. The molecule has 21 heavy (non-hydrogen) atoms. The van der Waals surface area contributed by atoms with E-state index in [4.69, 9.17) is 15.2 Å². The lowest BCUT2D eigenvalue weighted by atomic mass is 10.1. The van der Waals surface area contributed by atoms with Crippen molar-refractivity contribution in [2.24, 2.45) is 0 Å². The molecule has 1 heterocycles. The van der Waals surface area contributed by atoms with Crippen LogP contribution in [-0.2, 0) is 11.4 Å². The lowest BCUT2D eigenvalue weighted by Crippen LogP contribution is -2.35. The van der Waals surface area contributed by atoms with Gasteiger partial charge in [-0.3, -0.25) is 10.3 Å². The molecule has 0 fully saturated rings. The van der Waals surface area contributed by atoms with E-state index < -0.39 is 11.9 Å². The fraction of sp³-hybridized carbons (Fsp3) is 0.286. The van der Waals surface area contributed by atoms with Gasteiger partial charge >= 0.3 is 6.09 Å². The summed E-state index contributed by atoms with van der Waals surface area (Å²) in [7, 11) is 0. The summed E-state index contributed by atoms with van der Waals surface area (Å²) in [5.74, 6) is -0.557. The number of carboxylic acid groups (broad SMARTS) is 1. The number of amides is 1. The first kappa shape index (κ1) is 14.8. The molecule has 1 aliphatic heterocycles. The summed E-state index contributed by atoms with van der Waals surface area (Å²) in [5, 5.41) is 17.5. The minimum Gasteiger partial charge on any atom is -0.465 e. The number of carbonyl (C=O) groups is 1. The summed E-state index contributed by atoms with van der Waals surface area (Å²) >= 11 is 0. The minimum absolute atomic E-state index is 0.0231. The molecule has 1 aromatic rings. The van der Waals surface area contributed by atoms with Gasteiger partial charge in [-0.2, -0.15) is 5.26 Å². The van der Waals surface area contributed by atoms with E-state index in [1.807, 2.05) is 0 Å². The maximum absolute atomic E-state index is 13.1. The van der Waals surface area contributed by atoms with Crippen LogP contribution in [0.4, 0.5) is 9.18 Å². The Labute approximate surface area is 121 Å². The van der Waals surface area contributed by atoms with Crippen LogP contribution >= 0.6 is 0 Å². The van der Waals surface area contributed by atoms with Gasteiger partial charge in [-0.1, -0.05) is 6.07 Å². The van der Waals surface area contributed by atoms with E-state index >= 15 is 0 Å². The molecule has 7 heteroatoms. The standard InChI is InChI=1S/C14H14FN3O3/c15-13-2-1-10(7-11(13)8-16)9-21-17-12-3-5-18(6-4-12)14(19)20/h1-3,7,17H,4-6,9H2,(H,19,20). The smallest absolute Gasteiger partial charge is 0.407 e. The molecule has 0 saturated carbocycles. The Balaban J connectivity index is 1.83. The van der Waals surface area contributed by atoms with Gasteiger partial charge in [0.1, 0.15) is 11.9 Å². The Bertz CT molecular complexity index is 610. The monoisotopic (exact) mass is 291 g/mol. The predicted octanol–water partition coefficient (Wildman–Crippen LogP) is 1.99. The number of nitrogens with one attached hydrogen (secondary N) is 1. The van der Waals surface area contributed by atoms with Crippen molar-refractivity contribution >= 4 is 6.09 Å². The van der Waals surface area contributed by atoms with Gasteiger partial charge in [-0.15, -0.1) is 0 Å². The van der Waals surface area contributed by atoms with Gasteiger partial charge in [0, 0.05) is 25.2 Å². The molecule has 0 aromatic heterocycles. The zero-order valence-electron chi connectivity index (χ0n) is 11.2. The Morgan fingerprint density at radius 3 is 3.00 bits per heavy atom. The lowest BCUT2D eigenvalue weighted by molar-refractivity contribution is 0.0440. The van der Waals surface area contributed by atoms with E-state index in [2.05, 4.69) is 5.48 Å². The fourth-order valence-electron chi connectivity index (χ4n) is 1.90. The molecule has 6 nitrogen and oxygen atoms in total. The van der Waals surface area contributed by atoms with Crippen LogP contribution in [0.2, 0.25) is 0 Å². The second-order valence-corrected chi connectivity index (χ2v) is 4.52. The van der Waals surface area contributed by atoms with Gasteiger partial charge in [0.05, 0.1) is 12.2 Å². The number of hydrogen-bond acceptors (Lipinski definition) is 4. The minimum atomic E-state index is -0.943. The third-order valence-corrected chi connectivity index (χ3v) is 3.07. The summed E-state index contributed by atoms with van der Waals surface area (Å²) < 4.78 is 13.1. The normalized spacial score (nSPS) is 14.3. The second kappa shape index (κ2) is 6.72. The predicted molar refractivity (Wildman–Crippen MR) is 71.3 cm³/mol. The average molecular weight is 291 g/mol. The molecule has 0 radical (unpaired) electrons. The lowest BCUT2D eigenvalue weighted by Gasteiger charge is -2.23. The molecule has 1 aliphatic rings. The number of halogens is 1. The van der Waals surface area contributed by atoms with E-state index in [1.165, 1.54) is 17.0 Å². The molecule has 110 valence electrons. The van der Waals surface area contributed by atoms with Crippen molar-refractivity contribution in [3.63, 3.8) is 0 Å². The van der Waals surface area contributed by atoms with Crippen LogP contribution in [0.3, 0.4) is 0 Å². The van der Waals surface area contributed by atoms with Crippen LogP contribution in [0.15, 0.2) is 30.0 Å². The zero-order valence-corrected chi connectivity index (χ0v) is 11.2. The molecule has 1 amide bonds. The molecule has 0 bridgehead atoms. The highest BCUT2D eigenvalue weighted by molar-refractivity contribution is 5.65. The first-order valence-electron chi connectivity index (χ1n) is 6.33. The zero-order chi connectivity index (χ0) is 15.2. The molecule has 2 N–H and O–H groups in total. The molecule has 0 saturated heterocycles. The third kappa shape index (κ3) is 3.94. The van der Waals surface area contributed by atoms with E-state index in [0.29, 0.717) is 25.1 Å². The molecule has 0 unspecified atom stereocenters. The highest BCUT2D eigenvalue weighted by atomic mass is 19.1. The van der Waals surface area contributed by atoms with Crippen molar-refractivity contribution in [1.82, 2.24) is 10.4 Å². The van der Waals surface area contributed by atoms with Gasteiger partial charge in [0.25, 0.3) is 0 Å². The average Bonchev–Trinajstić information content (AvgIpc) is 2.49. The largest absolute Gasteiger partial charge is 0.465 e. The van der Waals surface area contributed by atoms with Crippen LogP contribution < -0.4 is 5.48 Å². The number of benzene rings is 1. The quantitative estimate of drug-likeness (QED) is 0.829. The van der Waals surface area contributed by atoms with Crippen molar-refractivity contribution in [2.45, 2.75) is 13.0 Å². The number of hydrogen-bond donors (Lipinski definition) is 2. The Kier molecular flexibility index (Phi) is 4.74. The van der Waals surface area contributed by atoms with Crippen LogP contribution in [0.5, 0.6) is 0 Å². The molecular formula is C14H14FN3O3. The van der Waals surface area contributed by atoms with Crippen molar-refractivity contribution in [3.05, 3.63) is 46.9 Å². The molecule has 1 aromatic carbocycles. The van der Waals surface area contributed by atoms with Crippen molar-refractivity contribution in [2.75, 3.05) is 13.1 Å². The van der Waals surface area contributed by atoms with E-state index in [1.54, 1.807) is 18.2 Å².